The summed E-state index contributed by atoms with van der Waals surface area (Å²) in [4.78, 5) is 0. The molecule has 15 heavy (non-hydrogen) atoms. The Hall–Kier alpha value is -0.860. The van der Waals surface area contributed by atoms with Gasteiger partial charge in [0.25, 0.3) is 0 Å². The molecular formula is C13H21NO. The molecule has 1 unspecified atom stereocenters. The largest absolute Gasteiger partial charge is 0.395 e. The first kappa shape index (κ1) is 12.2. The molecule has 0 aliphatic carbocycles. The van der Waals surface area contributed by atoms with Crippen LogP contribution < -0.4 is 5.32 Å². The van der Waals surface area contributed by atoms with E-state index in [1.807, 2.05) is 6.92 Å². The zero-order valence-electron chi connectivity index (χ0n) is 10.0. The molecule has 0 aromatic heterocycles. The fourth-order valence-electron chi connectivity index (χ4n) is 1.88. The van der Waals surface area contributed by atoms with E-state index in [0.717, 1.165) is 0 Å². The molecule has 0 saturated carbocycles. The Kier molecular flexibility index (Phi) is 4.30. The summed E-state index contributed by atoms with van der Waals surface area (Å²) in [6.07, 6.45) is 0. The molecule has 0 amide bonds. The van der Waals surface area contributed by atoms with Crippen molar-refractivity contribution in [2.75, 3.05) is 6.61 Å². The van der Waals surface area contributed by atoms with E-state index in [4.69, 9.17) is 5.11 Å². The van der Waals surface area contributed by atoms with Crippen LogP contribution in [0.25, 0.3) is 0 Å². The summed E-state index contributed by atoms with van der Waals surface area (Å²) in [5.74, 6) is 0. The minimum atomic E-state index is 0.140. The molecule has 0 aliphatic rings. The predicted molar refractivity (Wildman–Crippen MR) is 64.0 cm³/mol. The number of rotatable bonds is 4. The van der Waals surface area contributed by atoms with E-state index >= 15 is 0 Å². The summed E-state index contributed by atoms with van der Waals surface area (Å²) in [5.41, 5.74) is 3.90. The molecule has 1 aromatic rings. The second kappa shape index (κ2) is 5.29. The van der Waals surface area contributed by atoms with Crippen LogP contribution in [0, 0.1) is 13.8 Å². The number of hydrogen-bond acceptors (Lipinski definition) is 2. The van der Waals surface area contributed by atoms with Crippen molar-refractivity contribution in [2.24, 2.45) is 0 Å². The van der Waals surface area contributed by atoms with Gasteiger partial charge in [-0.25, -0.2) is 0 Å². The number of aliphatic hydroxyl groups excluding tert-OH is 1. The first-order valence-corrected chi connectivity index (χ1v) is 5.48. The maximum Gasteiger partial charge on any atom is 0.0582 e. The topological polar surface area (TPSA) is 32.3 Å². The Morgan fingerprint density at radius 3 is 2.47 bits per heavy atom. The van der Waals surface area contributed by atoms with Gasteiger partial charge in [-0.15, -0.1) is 0 Å². The molecule has 0 bridgehead atoms. The van der Waals surface area contributed by atoms with Gasteiger partial charge < -0.3 is 10.4 Å². The van der Waals surface area contributed by atoms with Crippen molar-refractivity contribution in [3.63, 3.8) is 0 Å². The standard InChI is InChI=1S/C13H21NO/c1-9-5-6-13(10(2)7-9)12(4)14-11(3)8-15/h5-7,11-12,14-15H,8H2,1-4H3/t11-,12?/m0/s1. The number of hydrogen-bond donors (Lipinski definition) is 2. The van der Waals surface area contributed by atoms with E-state index < -0.39 is 0 Å². The molecule has 1 aromatic carbocycles. The van der Waals surface area contributed by atoms with Gasteiger partial charge in [0, 0.05) is 12.1 Å². The zero-order chi connectivity index (χ0) is 11.4. The van der Waals surface area contributed by atoms with Crippen molar-refractivity contribution in [3.05, 3.63) is 34.9 Å². The van der Waals surface area contributed by atoms with E-state index in [2.05, 4.69) is 44.3 Å². The quantitative estimate of drug-likeness (QED) is 0.794. The van der Waals surface area contributed by atoms with Crippen LogP contribution >= 0.6 is 0 Å². The molecule has 2 nitrogen and oxygen atoms in total. The molecular weight excluding hydrogens is 186 g/mol. The maximum absolute atomic E-state index is 8.98. The van der Waals surface area contributed by atoms with Crippen LogP contribution in [0.15, 0.2) is 18.2 Å². The highest BCUT2D eigenvalue weighted by atomic mass is 16.3. The lowest BCUT2D eigenvalue weighted by Gasteiger charge is -2.20. The van der Waals surface area contributed by atoms with Crippen molar-refractivity contribution >= 4 is 0 Å². The third-order valence-corrected chi connectivity index (χ3v) is 2.70. The van der Waals surface area contributed by atoms with Crippen molar-refractivity contribution in [1.29, 1.82) is 0 Å². The highest BCUT2D eigenvalue weighted by Gasteiger charge is 2.10. The fourth-order valence-corrected chi connectivity index (χ4v) is 1.88. The summed E-state index contributed by atoms with van der Waals surface area (Å²) in [5, 5.41) is 12.3. The SMILES string of the molecule is Cc1ccc(C(C)N[C@@H](C)CO)c(C)c1. The maximum atomic E-state index is 8.98. The van der Waals surface area contributed by atoms with Gasteiger partial charge in [0.1, 0.15) is 0 Å². The molecule has 0 aliphatic heterocycles. The van der Waals surface area contributed by atoms with Crippen LogP contribution in [0.5, 0.6) is 0 Å². The van der Waals surface area contributed by atoms with E-state index in [9.17, 15) is 0 Å². The molecule has 2 heteroatoms. The summed E-state index contributed by atoms with van der Waals surface area (Å²) in [6, 6.07) is 6.90. The highest BCUT2D eigenvalue weighted by Crippen LogP contribution is 2.18. The molecule has 0 heterocycles. The normalized spacial score (nSPS) is 15.0. The molecule has 2 N–H and O–H groups in total. The lowest BCUT2D eigenvalue weighted by Crippen LogP contribution is -2.32. The number of benzene rings is 1. The van der Waals surface area contributed by atoms with Crippen LogP contribution in [0.1, 0.15) is 36.6 Å². The molecule has 2 atom stereocenters. The minimum Gasteiger partial charge on any atom is -0.395 e. The first-order chi connectivity index (χ1) is 7.04. The highest BCUT2D eigenvalue weighted by molar-refractivity contribution is 5.32. The lowest BCUT2D eigenvalue weighted by atomic mass is 10.00. The van der Waals surface area contributed by atoms with E-state index in [-0.39, 0.29) is 18.7 Å². The summed E-state index contributed by atoms with van der Waals surface area (Å²) in [6.45, 7) is 8.52. The second-order valence-electron chi connectivity index (χ2n) is 4.33. The van der Waals surface area contributed by atoms with Crippen LogP contribution in [0.2, 0.25) is 0 Å². The fraction of sp³-hybridized carbons (Fsp3) is 0.538. The van der Waals surface area contributed by atoms with Crippen molar-refractivity contribution < 1.29 is 5.11 Å². The number of aryl methyl sites for hydroxylation is 2. The Morgan fingerprint density at radius 1 is 1.27 bits per heavy atom. The molecule has 1 rings (SSSR count). The van der Waals surface area contributed by atoms with Crippen molar-refractivity contribution in [2.45, 2.75) is 39.8 Å². The summed E-state index contributed by atoms with van der Waals surface area (Å²) < 4.78 is 0. The molecule has 0 saturated heterocycles. The summed E-state index contributed by atoms with van der Waals surface area (Å²) >= 11 is 0. The lowest BCUT2D eigenvalue weighted by molar-refractivity contribution is 0.243. The van der Waals surface area contributed by atoms with E-state index in [1.54, 1.807) is 0 Å². The number of nitrogens with one attached hydrogen (secondary N) is 1. The van der Waals surface area contributed by atoms with Gasteiger partial charge in [-0.2, -0.15) is 0 Å². The van der Waals surface area contributed by atoms with Gasteiger partial charge in [0.2, 0.25) is 0 Å². The Bertz CT molecular complexity index is 322. The van der Waals surface area contributed by atoms with Crippen LogP contribution in [0.4, 0.5) is 0 Å². The van der Waals surface area contributed by atoms with Crippen LogP contribution in [-0.2, 0) is 0 Å². The Balaban J connectivity index is 2.77. The van der Waals surface area contributed by atoms with Gasteiger partial charge in [-0.1, -0.05) is 23.8 Å². The molecule has 0 fully saturated rings. The van der Waals surface area contributed by atoms with Gasteiger partial charge in [-0.05, 0) is 38.8 Å². The van der Waals surface area contributed by atoms with Crippen molar-refractivity contribution in [1.82, 2.24) is 5.32 Å². The van der Waals surface area contributed by atoms with E-state index in [0.29, 0.717) is 0 Å². The van der Waals surface area contributed by atoms with Crippen LogP contribution in [-0.4, -0.2) is 17.8 Å². The average molecular weight is 207 g/mol. The molecule has 0 radical (unpaired) electrons. The minimum absolute atomic E-state index is 0.140. The van der Waals surface area contributed by atoms with Gasteiger partial charge in [0.15, 0.2) is 0 Å². The molecule has 84 valence electrons. The van der Waals surface area contributed by atoms with Crippen molar-refractivity contribution in [3.8, 4) is 0 Å². The average Bonchev–Trinajstić information content (AvgIpc) is 2.17. The monoisotopic (exact) mass is 207 g/mol. The number of aliphatic hydroxyl groups is 1. The predicted octanol–water partition coefficient (Wildman–Crippen LogP) is 2.33. The third-order valence-electron chi connectivity index (χ3n) is 2.70. The zero-order valence-corrected chi connectivity index (χ0v) is 10.0. The van der Waals surface area contributed by atoms with Gasteiger partial charge in [-0.3, -0.25) is 0 Å². The van der Waals surface area contributed by atoms with Crippen LogP contribution in [0.3, 0.4) is 0 Å². The Labute approximate surface area is 92.3 Å². The first-order valence-electron chi connectivity index (χ1n) is 5.48. The second-order valence-corrected chi connectivity index (χ2v) is 4.33. The smallest absolute Gasteiger partial charge is 0.0582 e. The summed E-state index contributed by atoms with van der Waals surface area (Å²) in [7, 11) is 0. The van der Waals surface area contributed by atoms with Gasteiger partial charge in [0.05, 0.1) is 6.61 Å². The third kappa shape index (κ3) is 3.33. The van der Waals surface area contributed by atoms with Gasteiger partial charge >= 0.3 is 0 Å². The molecule has 0 spiro atoms. The van der Waals surface area contributed by atoms with E-state index in [1.165, 1.54) is 16.7 Å². The Morgan fingerprint density at radius 2 is 1.93 bits per heavy atom.